The summed E-state index contributed by atoms with van der Waals surface area (Å²) in [5.41, 5.74) is 3.41. The van der Waals surface area contributed by atoms with Gasteiger partial charge in [0.05, 0.1) is 35.8 Å². The monoisotopic (exact) mass is 673 g/mol. The van der Waals surface area contributed by atoms with E-state index in [0.717, 1.165) is 16.8 Å². The Morgan fingerprint density at radius 1 is 1.04 bits per heavy atom. The van der Waals surface area contributed by atoms with Crippen LogP contribution in [-0.4, -0.2) is 75.6 Å². The summed E-state index contributed by atoms with van der Waals surface area (Å²) in [6.45, 7) is 20.8. The number of anilines is 2. The van der Waals surface area contributed by atoms with Gasteiger partial charge in [0.15, 0.2) is 0 Å². The van der Waals surface area contributed by atoms with Gasteiger partial charge in [-0.15, -0.1) is 24.9 Å². The van der Waals surface area contributed by atoms with Crippen molar-refractivity contribution >= 4 is 40.9 Å². The van der Waals surface area contributed by atoms with E-state index in [1.807, 2.05) is 63.2 Å². The molecule has 9 heteroatoms. The highest BCUT2D eigenvalue weighted by Gasteiger charge is 2.78. The molecule has 0 saturated carbocycles. The van der Waals surface area contributed by atoms with E-state index in [9.17, 15) is 9.90 Å². The smallest absolute Gasteiger partial charge is 0.251 e. The second-order valence-corrected chi connectivity index (χ2v) is 16.0. The topological polar surface area (TPSA) is 90.4 Å². The van der Waals surface area contributed by atoms with Crippen molar-refractivity contribution in [3.8, 4) is 5.75 Å². The zero-order valence-corrected chi connectivity index (χ0v) is 30.1. The molecule has 3 aliphatic heterocycles. The van der Waals surface area contributed by atoms with Crippen molar-refractivity contribution in [1.82, 2.24) is 4.90 Å². The van der Waals surface area contributed by atoms with Gasteiger partial charge in [-0.1, -0.05) is 44.2 Å². The molecule has 1 spiro atoms. The predicted octanol–water partition coefficient (Wildman–Crippen LogP) is 6.33. The molecule has 5 rings (SSSR count). The van der Waals surface area contributed by atoms with E-state index in [-0.39, 0.29) is 43.3 Å². The molecule has 3 fully saturated rings. The molecule has 0 aromatic heterocycles. The lowest BCUT2D eigenvalue weighted by Crippen LogP contribution is -2.58. The van der Waals surface area contributed by atoms with Crippen LogP contribution in [0.15, 0.2) is 67.8 Å². The van der Waals surface area contributed by atoms with E-state index in [1.165, 1.54) is 0 Å². The zero-order valence-electron chi connectivity index (χ0n) is 29.3. The van der Waals surface area contributed by atoms with Crippen LogP contribution in [0.3, 0.4) is 0 Å². The quantitative estimate of drug-likeness (QED) is 0.236. The number of nitrogens with zero attached hydrogens (tertiary/aromatic N) is 3. The number of benzene rings is 2. The number of para-hydroxylation sites is 1. The van der Waals surface area contributed by atoms with Gasteiger partial charge in [0.2, 0.25) is 11.8 Å². The number of rotatable bonds is 14. The van der Waals surface area contributed by atoms with Crippen molar-refractivity contribution < 1.29 is 24.2 Å². The van der Waals surface area contributed by atoms with Crippen molar-refractivity contribution in [3.63, 3.8) is 0 Å². The van der Waals surface area contributed by atoms with E-state index in [2.05, 4.69) is 33.9 Å². The Bertz CT molecular complexity index is 1540. The maximum atomic E-state index is 15.2. The number of likely N-dealkylation sites (tertiary alicyclic amines) is 1. The highest BCUT2D eigenvalue weighted by Crippen LogP contribution is 2.72. The molecule has 3 heterocycles. The largest absolute Gasteiger partial charge is 0.494 e. The summed E-state index contributed by atoms with van der Waals surface area (Å²) in [6, 6.07) is 11.9. The normalized spacial score (nSPS) is 26.4. The van der Waals surface area contributed by atoms with E-state index in [1.54, 1.807) is 38.6 Å². The van der Waals surface area contributed by atoms with Crippen LogP contribution < -0.4 is 14.5 Å². The molecular formula is C39H51N3O5S. The molecule has 2 aromatic carbocycles. The molecule has 2 bridgehead atoms. The van der Waals surface area contributed by atoms with Gasteiger partial charge < -0.3 is 24.5 Å². The van der Waals surface area contributed by atoms with Gasteiger partial charge in [0.25, 0.3) is 5.91 Å². The van der Waals surface area contributed by atoms with E-state index in [0.29, 0.717) is 37.3 Å². The molecule has 48 heavy (non-hydrogen) atoms. The maximum absolute atomic E-state index is 15.2. The van der Waals surface area contributed by atoms with Crippen LogP contribution in [0.1, 0.15) is 58.1 Å². The second kappa shape index (κ2) is 14.1. The average molecular weight is 674 g/mol. The number of fused-ring (bicyclic) bond motifs is 1. The summed E-state index contributed by atoms with van der Waals surface area (Å²) in [5.74, 6) is -1.05. The fraction of sp³-hybridized carbons (Fsp3) is 0.513. The second-order valence-electron chi connectivity index (χ2n) is 14.1. The maximum Gasteiger partial charge on any atom is 0.251 e. The van der Waals surface area contributed by atoms with Crippen molar-refractivity contribution in [2.24, 2.45) is 17.8 Å². The van der Waals surface area contributed by atoms with Crippen LogP contribution in [0.4, 0.5) is 11.4 Å². The van der Waals surface area contributed by atoms with Gasteiger partial charge in [0, 0.05) is 29.2 Å². The van der Waals surface area contributed by atoms with Crippen LogP contribution in [-0.2, 0) is 14.4 Å². The minimum absolute atomic E-state index is 0.149. The first kappa shape index (κ1) is 35.7. The van der Waals surface area contributed by atoms with Crippen molar-refractivity contribution in [1.29, 1.82) is 0 Å². The molecule has 3 saturated heterocycles. The number of amides is 3. The van der Waals surface area contributed by atoms with Crippen LogP contribution in [0, 0.1) is 31.6 Å². The molecular weight excluding hydrogens is 623 g/mol. The highest BCUT2D eigenvalue weighted by atomic mass is 32.2. The minimum atomic E-state index is -0.854. The van der Waals surface area contributed by atoms with Gasteiger partial charge in [-0.2, -0.15) is 0 Å². The lowest BCUT2D eigenvalue weighted by atomic mass is 9.66. The third-order valence-electron chi connectivity index (χ3n) is 10.4. The third-order valence-corrected chi connectivity index (χ3v) is 12.4. The number of carbonyl (C=O) groups excluding carboxylic acids is 3. The lowest BCUT2D eigenvalue weighted by molar-refractivity contribution is -0.142. The zero-order chi connectivity index (χ0) is 35.0. The van der Waals surface area contributed by atoms with Crippen LogP contribution in [0.25, 0.3) is 0 Å². The minimum Gasteiger partial charge on any atom is -0.494 e. The number of aliphatic hydroxyl groups excluding tert-OH is 1. The Kier molecular flexibility index (Phi) is 10.5. The summed E-state index contributed by atoms with van der Waals surface area (Å²) in [7, 11) is 0. The van der Waals surface area contributed by atoms with Gasteiger partial charge in [-0.25, -0.2) is 0 Å². The summed E-state index contributed by atoms with van der Waals surface area (Å²) in [4.78, 5) is 50.3. The standard InChI is InChI=1S/C39H51N3O5S/c1-9-21-40(28-15-17-30(18-16-28)47-11-3)35(44)31-32-36(45)42(29(24-43)23-25(4)5)34(39(32)20-19-38(31,8)48-39)37(46)41(22-10-2)33-26(6)13-12-14-27(33)7/h9-10,12-18,25,29,31-32,34,43H,1-2,11,19-24H2,3-8H3/t29-,31-,32+,34?,38+,39?/m1/s1. The number of hydrogen-bond acceptors (Lipinski definition) is 6. The van der Waals surface area contributed by atoms with Gasteiger partial charge in [-0.05, 0) is 88.3 Å². The Labute approximate surface area is 290 Å². The average Bonchev–Trinajstić information content (AvgIpc) is 3.62. The number of ether oxygens (including phenoxy) is 1. The first-order valence-corrected chi connectivity index (χ1v) is 18.0. The Balaban J connectivity index is 1.64. The number of aliphatic hydroxyl groups is 1. The first-order chi connectivity index (χ1) is 22.9. The first-order valence-electron chi connectivity index (χ1n) is 17.2. The molecule has 3 aliphatic rings. The summed E-state index contributed by atoms with van der Waals surface area (Å²) in [5, 5.41) is 10.8. The third kappa shape index (κ3) is 5.98. The van der Waals surface area contributed by atoms with Gasteiger partial charge in [0.1, 0.15) is 11.8 Å². The molecule has 2 aromatic rings. The van der Waals surface area contributed by atoms with Crippen LogP contribution >= 0.6 is 11.8 Å². The van der Waals surface area contributed by atoms with Crippen molar-refractivity contribution in [2.75, 3.05) is 36.1 Å². The van der Waals surface area contributed by atoms with E-state index in [4.69, 9.17) is 4.74 Å². The van der Waals surface area contributed by atoms with E-state index < -0.39 is 33.4 Å². The van der Waals surface area contributed by atoms with Crippen LogP contribution in [0.5, 0.6) is 5.75 Å². The Hall–Kier alpha value is -3.56. The number of aryl methyl sites for hydroxylation is 2. The fourth-order valence-corrected chi connectivity index (χ4v) is 10.9. The predicted molar refractivity (Wildman–Crippen MR) is 195 cm³/mol. The lowest BCUT2D eigenvalue weighted by Gasteiger charge is -2.40. The molecule has 258 valence electrons. The molecule has 8 nitrogen and oxygen atoms in total. The summed E-state index contributed by atoms with van der Waals surface area (Å²) >= 11 is 1.65. The van der Waals surface area contributed by atoms with Gasteiger partial charge in [-0.3, -0.25) is 14.4 Å². The Morgan fingerprint density at radius 3 is 2.23 bits per heavy atom. The molecule has 2 unspecified atom stereocenters. The number of carbonyl (C=O) groups is 3. The highest BCUT2D eigenvalue weighted by molar-refractivity contribution is 8.02. The molecule has 0 aliphatic carbocycles. The van der Waals surface area contributed by atoms with Crippen LogP contribution in [0.2, 0.25) is 0 Å². The van der Waals surface area contributed by atoms with Crippen molar-refractivity contribution in [3.05, 3.63) is 78.9 Å². The SMILES string of the molecule is C=CCN(C(=O)[C@H]1[C@H]2C(=O)N([C@@H](CO)CC(C)C)C(C(=O)N(CC=C)c3c(C)cccc3C)C23CC[C@]1(C)S3)c1ccc(OCC)cc1. The molecule has 0 radical (unpaired) electrons. The van der Waals surface area contributed by atoms with Gasteiger partial charge >= 0.3 is 0 Å². The number of thioether (sulfide) groups is 1. The fourth-order valence-electron chi connectivity index (χ4n) is 8.54. The molecule has 1 N–H and O–H groups in total. The molecule has 6 atom stereocenters. The Morgan fingerprint density at radius 2 is 1.67 bits per heavy atom. The number of hydrogen-bond donors (Lipinski definition) is 1. The summed E-state index contributed by atoms with van der Waals surface area (Å²) < 4.78 is 4.25. The van der Waals surface area contributed by atoms with E-state index >= 15 is 9.59 Å². The summed E-state index contributed by atoms with van der Waals surface area (Å²) in [6.07, 6.45) is 5.27. The molecule has 3 amide bonds. The van der Waals surface area contributed by atoms with Crippen molar-refractivity contribution in [2.45, 2.75) is 82.4 Å².